The number of thiazole rings is 1. The number of methoxy groups -OCH3 is 1. The topological polar surface area (TPSA) is 105 Å². The summed E-state index contributed by atoms with van der Waals surface area (Å²) < 4.78 is 17.3. The number of aliphatic hydroxyl groups is 1. The second kappa shape index (κ2) is 13.9. The molecule has 1 amide bonds. The molecule has 3 atom stereocenters. The van der Waals surface area contributed by atoms with Crippen molar-refractivity contribution in [2.75, 3.05) is 33.4 Å². The Balaban J connectivity index is 1.19. The van der Waals surface area contributed by atoms with Crippen molar-refractivity contribution >= 4 is 46.0 Å². The third kappa shape index (κ3) is 7.11. The van der Waals surface area contributed by atoms with Crippen LogP contribution in [0.4, 0.5) is 0 Å². The minimum Gasteiger partial charge on any atom is -0.496 e. The molecular formula is C33H38Cl2N4O5S. The van der Waals surface area contributed by atoms with Crippen molar-refractivity contribution in [2.45, 2.75) is 63.9 Å². The van der Waals surface area contributed by atoms with E-state index in [2.05, 4.69) is 21.7 Å². The molecular weight excluding hydrogens is 635 g/mol. The molecule has 1 aromatic heterocycles. The molecule has 0 spiro atoms. The number of rotatable bonds is 12. The van der Waals surface area contributed by atoms with Gasteiger partial charge in [-0.25, -0.2) is 4.98 Å². The number of hydrogen-bond acceptors (Lipinski definition) is 9. The van der Waals surface area contributed by atoms with E-state index in [1.165, 1.54) is 11.3 Å². The van der Waals surface area contributed by atoms with E-state index in [-0.39, 0.29) is 37.2 Å². The van der Waals surface area contributed by atoms with Gasteiger partial charge >= 0.3 is 0 Å². The van der Waals surface area contributed by atoms with Gasteiger partial charge in [-0.3, -0.25) is 4.79 Å². The Morgan fingerprint density at radius 1 is 1.18 bits per heavy atom. The van der Waals surface area contributed by atoms with Crippen molar-refractivity contribution < 1.29 is 24.1 Å². The normalized spacial score (nSPS) is 20.1. The number of nitrogens with one attached hydrogen (secondary N) is 2. The van der Waals surface area contributed by atoms with Crippen LogP contribution in [-0.4, -0.2) is 72.4 Å². The van der Waals surface area contributed by atoms with E-state index in [0.717, 1.165) is 58.7 Å². The zero-order valence-electron chi connectivity index (χ0n) is 25.6. The first kappa shape index (κ1) is 32.1. The average molecular weight is 674 g/mol. The molecule has 2 aromatic carbocycles. The highest BCUT2D eigenvalue weighted by molar-refractivity contribution is 7.14. The van der Waals surface area contributed by atoms with E-state index < -0.39 is 6.10 Å². The van der Waals surface area contributed by atoms with Gasteiger partial charge < -0.3 is 34.9 Å². The van der Waals surface area contributed by atoms with Gasteiger partial charge in [-0.1, -0.05) is 46.7 Å². The Morgan fingerprint density at radius 3 is 2.64 bits per heavy atom. The van der Waals surface area contributed by atoms with E-state index in [0.29, 0.717) is 39.6 Å². The lowest BCUT2D eigenvalue weighted by Crippen LogP contribution is -2.59. The van der Waals surface area contributed by atoms with Gasteiger partial charge in [0, 0.05) is 43.5 Å². The van der Waals surface area contributed by atoms with Gasteiger partial charge in [0.05, 0.1) is 34.2 Å². The molecule has 3 N–H and O–H groups in total. The molecule has 1 saturated heterocycles. The number of ether oxygens (including phenoxy) is 3. The summed E-state index contributed by atoms with van der Waals surface area (Å²) in [5, 5.41) is 18.2. The Bertz CT molecular complexity index is 1570. The standard InChI is InChI=1S/C33H38Cl2N4O5S/c1-18-20(5-4-6-28(18)42-3)17-39(23-7-8-23)32(41)30-24(13-22-14-36-15-27(30)38-22)29-16-37-33(45-29)44-10-9-43-31-25(34)11-21(19(2)40)12-26(31)35/h4-6,11-12,16,19,22-23,27,36,38,40H,7-10,13-15,17H2,1-3H3/t19-,22-,27-/m1/s1. The fraction of sp³-hybridized carbons (Fsp3) is 0.455. The van der Waals surface area contributed by atoms with Crippen LogP contribution in [0.5, 0.6) is 16.7 Å². The molecule has 45 heavy (non-hydrogen) atoms. The van der Waals surface area contributed by atoms with E-state index >= 15 is 0 Å². The summed E-state index contributed by atoms with van der Waals surface area (Å²) >= 11 is 14.1. The number of carbonyl (C=O) groups is 1. The Kier molecular flexibility index (Phi) is 9.89. The molecule has 9 nitrogen and oxygen atoms in total. The van der Waals surface area contributed by atoms with Crippen LogP contribution in [0.3, 0.4) is 0 Å². The first-order valence-corrected chi connectivity index (χ1v) is 16.8. The Labute approximate surface area is 277 Å². The van der Waals surface area contributed by atoms with Crippen LogP contribution in [0.25, 0.3) is 5.57 Å². The lowest BCUT2D eigenvalue weighted by molar-refractivity contribution is -0.128. The summed E-state index contributed by atoms with van der Waals surface area (Å²) in [5.74, 6) is 1.25. The van der Waals surface area contributed by atoms with Gasteiger partial charge in [0.1, 0.15) is 19.0 Å². The van der Waals surface area contributed by atoms with Crippen LogP contribution in [0.1, 0.15) is 53.9 Å². The predicted molar refractivity (Wildman–Crippen MR) is 177 cm³/mol. The molecule has 240 valence electrons. The zero-order chi connectivity index (χ0) is 31.7. The van der Waals surface area contributed by atoms with Gasteiger partial charge in [-0.05, 0) is 73.6 Å². The molecule has 6 rings (SSSR count). The number of fused-ring (bicyclic) bond motifs is 2. The molecule has 2 bridgehead atoms. The number of amides is 1. The van der Waals surface area contributed by atoms with Crippen molar-refractivity contribution in [1.29, 1.82) is 0 Å². The van der Waals surface area contributed by atoms with Crippen molar-refractivity contribution in [3.63, 3.8) is 0 Å². The first-order valence-electron chi connectivity index (χ1n) is 15.3. The number of hydrogen-bond donors (Lipinski definition) is 3. The molecule has 1 saturated carbocycles. The van der Waals surface area contributed by atoms with Crippen molar-refractivity contribution in [2.24, 2.45) is 0 Å². The lowest BCUT2D eigenvalue weighted by atomic mass is 9.86. The Hall–Kier alpha value is -2.86. The third-order valence-electron chi connectivity index (χ3n) is 8.58. The number of carbonyl (C=O) groups excluding carboxylic acids is 1. The van der Waals surface area contributed by atoms with Gasteiger partial charge in [0.25, 0.3) is 11.1 Å². The van der Waals surface area contributed by atoms with E-state index in [4.69, 9.17) is 37.4 Å². The fourth-order valence-corrected chi connectivity index (χ4v) is 7.51. The summed E-state index contributed by atoms with van der Waals surface area (Å²) in [6.45, 7) is 6.21. The number of aliphatic hydroxyl groups excluding tert-OH is 1. The minimum absolute atomic E-state index is 0.0778. The van der Waals surface area contributed by atoms with Crippen molar-refractivity contribution in [3.8, 4) is 16.7 Å². The summed E-state index contributed by atoms with van der Waals surface area (Å²) in [5.41, 5.74) is 4.63. The SMILES string of the molecule is COc1cccc(CN(C(=O)C2=C(c3cnc(OCCOc4c(Cl)cc([C@@H](C)O)cc4Cl)s3)C[C@@H]3CNC[C@H]2N3)C2CC2)c1C. The summed E-state index contributed by atoms with van der Waals surface area (Å²) in [6, 6.07) is 9.69. The molecule has 3 heterocycles. The quantitative estimate of drug-likeness (QED) is 0.215. The maximum atomic E-state index is 14.5. The second-order valence-corrected chi connectivity index (χ2v) is 13.6. The van der Waals surface area contributed by atoms with Crippen LogP contribution in [-0.2, 0) is 11.3 Å². The molecule has 3 aliphatic rings. The van der Waals surface area contributed by atoms with Crippen LogP contribution in [0.2, 0.25) is 10.0 Å². The highest BCUT2D eigenvalue weighted by Crippen LogP contribution is 2.40. The molecule has 0 unspecified atom stereocenters. The molecule has 2 aliphatic heterocycles. The molecule has 1 aliphatic carbocycles. The average Bonchev–Trinajstić information content (AvgIpc) is 3.75. The van der Waals surface area contributed by atoms with Crippen LogP contribution >= 0.6 is 34.5 Å². The molecule has 0 radical (unpaired) electrons. The molecule has 12 heteroatoms. The predicted octanol–water partition coefficient (Wildman–Crippen LogP) is 5.56. The van der Waals surface area contributed by atoms with Gasteiger partial charge in [0.15, 0.2) is 5.75 Å². The Morgan fingerprint density at radius 2 is 1.93 bits per heavy atom. The van der Waals surface area contributed by atoms with Crippen molar-refractivity contribution in [1.82, 2.24) is 20.5 Å². The lowest BCUT2D eigenvalue weighted by Gasteiger charge is -2.40. The summed E-state index contributed by atoms with van der Waals surface area (Å²) in [6.07, 6.45) is 3.88. The first-order chi connectivity index (χ1) is 21.7. The van der Waals surface area contributed by atoms with E-state index in [1.54, 1.807) is 26.2 Å². The number of piperazine rings is 1. The monoisotopic (exact) mass is 672 g/mol. The largest absolute Gasteiger partial charge is 0.496 e. The maximum absolute atomic E-state index is 14.5. The number of aromatic nitrogens is 1. The highest BCUT2D eigenvalue weighted by atomic mass is 35.5. The van der Waals surface area contributed by atoms with Gasteiger partial charge in [-0.15, -0.1) is 0 Å². The zero-order valence-corrected chi connectivity index (χ0v) is 27.9. The van der Waals surface area contributed by atoms with E-state index in [1.807, 2.05) is 30.2 Å². The van der Waals surface area contributed by atoms with Gasteiger partial charge in [0.2, 0.25) is 0 Å². The van der Waals surface area contributed by atoms with Crippen LogP contribution in [0.15, 0.2) is 42.1 Å². The molecule has 3 aromatic rings. The van der Waals surface area contributed by atoms with Crippen molar-refractivity contribution in [3.05, 3.63) is 73.7 Å². The van der Waals surface area contributed by atoms with Crippen LogP contribution in [0, 0.1) is 6.92 Å². The molecule has 2 fully saturated rings. The second-order valence-electron chi connectivity index (χ2n) is 11.8. The number of nitrogens with zero attached hydrogens (tertiary/aromatic N) is 2. The summed E-state index contributed by atoms with van der Waals surface area (Å²) in [4.78, 5) is 22.0. The smallest absolute Gasteiger partial charge is 0.273 e. The minimum atomic E-state index is -0.688. The maximum Gasteiger partial charge on any atom is 0.273 e. The number of benzene rings is 2. The fourth-order valence-electron chi connectivity index (χ4n) is 6.04. The van der Waals surface area contributed by atoms with Crippen LogP contribution < -0.4 is 24.8 Å². The number of halogens is 2. The highest BCUT2D eigenvalue weighted by Gasteiger charge is 2.41. The third-order valence-corrected chi connectivity index (χ3v) is 10.1. The van der Waals surface area contributed by atoms with E-state index in [9.17, 15) is 9.90 Å². The van der Waals surface area contributed by atoms with Gasteiger partial charge in [-0.2, -0.15) is 0 Å². The summed E-state index contributed by atoms with van der Waals surface area (Å²) in [7, 11) is 1.68.